The van der Waals surface area contributed by atoms with Gasteiger partial charge in [0.25, 0.3) is 0 Å². The predicted octanol–water partition coefficient (Wildman–Crippen LogP) is 4.23. The third-order valence-corrected chi connectivity index (χ3v) is 4.17. The third-order valence-electron chi connectivity index (χ3n) is 3.36. The second kappa shape index (κ2) is 6.62. The Morgan fingerprint density at radius 3 is 2.57 bits per heavy atom. The van der Waals surface area contributed by atoms with E-state index in [1.807, 2.05) is 0 Å². The van der Waals surface area contributed by atoms with Gasteiger partial charge >= 0.3 is 0 Å². The molecule has 0 aliphatic carbocycles. The van der Waals surface area contributed by atoms with E-state index in [9.17, 15) is 0 Å². The maximum atomic E-state index is 6.26. The van der Waals surface area contributed by atoms with Crippen molar-refractivity contribution in [2.75, 3.05) is 5.73 Å². The molecular formula is C14H19Cl2N5. The summed E-state index contributed by atoms with van der Waals surface area (Å²) in [6, 6.07) is 3.53. The monoisotopic (exact) mass is 327 g/mol. The molecule has 1 atom stereocenters. The summed E-state index contributed by atoms with van der Waals surface area (Å²) in [6.45, 7) is 6.48. The lowest BCUT2D eigenvalue weighted by atomic mass is 10.0. The van der Waals surface area contributed by atoms with Gasteiger partial charge in [-0.1, -0.05) is 37.0 Å². The SMILES string of the molecule is CC(C)CCC(C)n1nnnc1-c1cc(N)cc(Cl)c1Cl. The number of rotatable bonds is 5. The zero-order valence-electron chi connectivity index (χ0n) is 12.3. The molecule has 0 saturated carbocycles. The molecule has 2 aromatic rings. The summed E-state index contributed by atoms with van der Waals surface area (Å²) in [5.41, 5.74) is 7.02. The minimum atomic E-state index is 0.175. The van der Waals surface area contributed by atoms with Crippen LogP contribution >= 0.6 is 23.2 Å². The van der Waals surface area contributed by atoms with Crippen molar-refractivity contribution in [2.45, 2.75) is 39.7 Å². The van der Waals surface area contributed by atoms with Crippen LogP contribution < -0.4 is 5.73 Å². The van der Waals surface area contributed by atoms with E-state index in [-0.39, 0.29) is 6.04 Å². The minimum Gasteiger partial charge on any atom is -0.399 e. The van der Waals surface area contributed by atoms with Gasteiger partial charge in [-0.3, -0.25) is 0 Å². The Labute approximate surface area is 134 Å². The van der Waals surface area contributed by atoms with Crippen LogP contribution in [-0.4, -0.2) is 20.2 Å². The Balaban J connectivity index is 2.36. The summed E-state index contributed by atoms with van der Waals surface area (Å²) in [7, 11) is 0. The van der Waals surface area contributed by atoms with E-state index in [1.165, 1.54) is 0 Å². The van der Waals surface area contributed by atoms with Crippen molar-refractivity contribution in [3.63, 3.8) is 0 Å². The van der Waals surface area contributed by atoms with Crippen LogP contribution in [0.3, 0.4) is 0 Å². The van der Waals surface area contributed by atoms with Gasteiger partial charge in [0.2, 0.25) is 0 Å². The largest absolute Gasteiger partial charge is 0.399 e. The van der Waals surface area contributed by atoms with Crippen LogP contribution in [0.4, 0.5) is 5.69 Å². The third kappa shape index (κ3) is 3.66. The zero-order chi connectivity index (χ0) is 15.6. The lowest BCUT2D eigenvalue weighted by Crippen LogP contribution is -2.10. The maximum absolute atomic E-state index is 6.26. The van der Waals surface area contributed by atoms with Crippen LogP contribution in [-0.2, 0) is 0 Å². The fraction of sp³-hybridized carbons (Fsp3) is 0.500. The Kier molecular flexibility index (Phi) is 5.06. The molecule has 0 aliphatic heterocycles. The van der Waals surface area contributed by atoms with Gasteiger partial charge in [0.15, 0.2) is 5.82 Å². The van der Waals surface area contributed by atoms with Gasteiger partial charge < -0.3 is 5.73 Å². The van der Waals surface area contributed by atoms with Gasteiger partial charge in [-0.25, -0.2) is 4.68 Å². The Morgan fingerprint density at radius 2 is 1.90 bits per heavy atom. The highest BCUT2D eigenvalue weighted by molar-refractivity contribution is 6.43. The summed E-state index contributed by atoms with van der Waals surface area (Å²) in [5.74, 6) is 1.23. The van der Waals surface area contributed by atoms with Gasteiger partial charge in [0.1, 0.15) is 0 Å². The van der Waals surface area contributed by atoms with E-state index in [2.05, 4.69) is 36.3 Å². The fourth-order valence-corrected chi connectivity index (χ4v) is 2.56. The first-order chi connectivity index (χ1) is 9.90. The molecule has 2 rings (SSSR count). The molecule has 2 N–H and O–H groups in total. The maximum Gasteiger partial charge on any atom is 0.183 e. The smallest absolute Gasteiger partial charge is 0.183 e. The van der Waals surface area contributed by atoms with Crippen molar-refractivity contribution >= 4 is 28.9 Å². The Bertz CT molecular complexity index is 624. The normalized spacial score (nSPS) is 12.9. The van der Waals surface area contributed by atoms with Crippen LogP contribution in [0.1, 0.15) is 39.7 Å². The van der Waals surface area contributed by atoms with Gasteiger partial charge in [0.05, 0.1) is 16.1 Å². The van der Waals surface area contributed by atoms with E-state index in [0.29, 0.717) is 33.0 Å². The highest BCUT2D eigenvalue weighted by atomic mass is 35.5. The lowest BCUT2D eigenvalue weighted by molar-refractivity contribution is 0.406. The number of hydrogen-bond acceptors (Lipinski definition) is 4. The molecule has 1 unspecified atom stereocenters. The fourth-order valence-electron chi connectivity index (χ4n) is 2.14. The summed E-state index contributed by atoms with van der Waals surface area (Å²) < 4.78 is 1.78. The number of tetrazole rings is 1. The van der Waals surface area contributed by atoms with E-state index >= 15 is 0 Å². The molecule has 114 valence electrons. The summed E-state index contributed by atoms with van der Waals surface area (Å²) in [4.78, 5) is 0. The molecule has 0 fully saturated rings. The van der Waals surface area contributed by atoms with Gasteiger partial charge in [-0.05, 0) is 48.2 Å². The van der Waals surface area contributed by atoms with Gasteiger partial charge in [-0.2, -0.15) is 0 Å². The van der Waals surface area contributed by atoms with E-state index in [4.69, 9.17) is 28.9 Å². The molecule has 0 spiro atoms. The molecule has 1 heterocycles. The number of nitrogens with zero attached hydrogens (tertiary/aromatic N) is 4. The molecule has 0 amide bonds. The van der Waals surface area contributed by atoms with E-state index in [1.54, 1.807) is 16.8 Å². The number of hydrogen-bond donors (Lipinski definition) is 1. The quantitative estimate of drug-likeness (QED) is 0.834. The molecule has 21 heavy (non-hydrogen) atoms. The lowest BCUT2D eigenvalue weighted by Gasteiger charge is -2.15. The van der Waals surface area contributed by atoms with E-state index < -0.39 is 0 Å². The van der Waals surface area contributed by atoms with Crippen molar-refractivity contribution in [1.29, 1.82) is 0 Å². The second-order valence-electron chi connectivity index (χ2n) is 5.63. The first kappa shape index (κ1) is 16.0. The van der Waals surface area contributed by atoms with Crippen molar-refractivity contribution < 1.29 is 0 Å². The molecule has 5 nitrogen and oxygen atoms in total. The predicted molar refractivity (Wildman–Crippen MR) is 86.5 cm³/mol. The average molecular weight is 328 g/mol. The molecule has 7 heteroatoms. The standard InChI is InChI=1S/C14H19Cl2N5/c1-8(2)4-5-9(3)21-14(18-19-20-21)11-6-10(17)7-12(15)13(11)16/h6-9H,4-5,17H2,1-3H3. The molecule has 0 aliphatic rings. The number of aromatic nitrogens is 4. The average Bonchev–Trinajstić information content (AvgIpc) is 2.89. The molecule has 1 aromatic heterocycles. The van der Waals surface area contributed by atoms with Gasteiger partial charge in [-0.15, -0.1) is 5.10 Å². The number of nitrogen functional groups attached to an aromatic ring is 1. The zero-order valence-corrected chi connectivity index (χ0v) is 13.9. The molecule has 0 radical (unpaired) electrons. The van der Waals surface area contributed by atoms with Crippen molar-refractivity contribution in [3.8, 4) is 11.4 Å². The van der Waals surface area contributed by atoms with Crippen molar-refractivity contribution in [3.05, 3.63) is 22.2 Å². The van der Waals surface area contributed by atoms with Crippen molar-refractivity contribution in [1.82, 2.24) is 20.2 Å². The molecule has 0 bridgehead atoms. The first-order valence-corrected chi connectivity index (χ1v) is 7.68. The van der Waals surface area contributed by atoms with Crippen LogP contribution in [0.25, 0.3) is 11.4 Å². The Hall–Kier alpha value is -1.33. The summed E-state index contributed by atoms with van der Waals surface area (Å²) in [5, 5.41) is 12.7. The molecule has 1 aromatic carbocycles. The topological polar surface area (TPSA) is 69.6 Å². The highest BCUT2D eigenvalue weighted by Crippen LogP contribution is 2.35. The minimum absolute atomic E-state index is 0.175. The number of halogens is 2. The number of benzene rings is 1. The van der Waals surface area contributed by atoms with Crippen molar-refractivity contribution in [2.24, 2.45) is 5.92 Å². The van der Waals surface area contributed by atoms with Gasteiger partial charge in [0, 0.05) is 11.3 Å². The number of nitrogens with two attached hydrogens (primary N) is 1. The molecular weight excluding hydrogens is 309 g/mol. The highest BCUT2D eigenvalue weighted by Gasteiger charge is 2.19. The Morgan fingerprint density at radius 1 is 1.19 bits per heavy atom. The number of anilines is 1. The van der Waals surface area contributed by atoms with Crippen LogP contribution in [0.2, 0.25) is 10.0 Å². The van der Waals surface area contributed by atoms with Crippen LogP contribution in [0.15, 0.2) is 12.1 Å². The summed E-state index contributed by atoms with van der Waals surface area (Å²) in [6.07, 6.45) is 2.09. The second-order valence-corrected chi connectivity index (χ2v) is 6.42. The summed E-state index contributed by atoms with van der Waals surface area (Å²) >= 11 is 12.3. The molecule has 0 saturated heterocycles. The van der Waals surface area contributed by atoms with Crippen LogP contribution in [0, 0.1) is 5.92 Å². The van der Waals surface area contributed by atoms with E-state index in [0.717, 1.165) is 12.8 Å². The first-order valence-electron chi connectivity index (χ1n) is 6.93. The van der Waals surface area contributed by atoms with Crippen LogP contribution in [0.5, 0.6) is 0 Å².